The Balaban J connectivity index is 1.61. The van der Waals surface area contributed by atoms with E-state index < -0.39 is 0 Å². The Bertz CT molecular complexity index is 1390. The lowest BCUT2D eigenvalue weighted by Gasteiger charge is -2.25. The van der Waals surface area contributed by atoms with Crippen molar-refractivity contribution in [1.82, 2.24) is 9.97 Å². The maximum atomic E-state index is 14.1. The van der Waals surface area contributed by atoms with Crippen LogP contribution in [0.1, 0.15) is 70.7 Å². The van der Waals surface area contributed by atoms with Crippen LogP contribution < -0.4 is 10.6 Å². The Morgan fingerprint density at radius 2 is 1.02 bits per heavy atom. The second-order valence-corrected chi connectivity index (χ2v) is 12.3. The van der Waals surface area contributed by atoms with Crippen LogP contribution in [0.25, 0.3) is 0 Å². The molecule has 40 heavy (non-hydrogen) atoms. The number of ketones is 1. The lowest BCUT2D eigenvalue weighted by molar-refractivity contribution is -0.121. The second kappa shape index (κ2) is 13.1. The molecule has 0 aliphatic carbocycles. The molecular formula is C33H36Br2N4O. The van der Waals surface area contributed by atoms with Crippen molar-refractivity contribution in [3.8, 4) is 0 Å². The normalized spacial score (nSPS) is 12.6. The van der Waals surface area contributed by atoms with Crippen molar-refractivity contribution in [3.63, 3.8) is 0 Å². The smallest absolute Gasteiger partial charge is 0.147 e. The Labute approximate surface area is 254 Å². The molecule has 0 aliphatic heterocycles. The SMILES string of the molecule is Cc1cc(NCc2ccc(Br)cc2)c(C(C)C(=O)C(C)c2c(NCc3ccc(Br)cc3)cc(C)nc2C)c(C)n1. The van der Waals surface area contributed by atoms with Crippen molar-refractivity contribution in [2.24, 2.45) is 0 Å². The van der Waals surface area contributed by atoms with Gasteiger partial charge < -0.3 is 10.6 Å². The van der Waals surface area contributed by atoms with Gasteiger partial charge in [-0.3, -0.25) is 14.8 Å². The molecule has 0 radical (unpaired) electrons. The van der Waals surface area contributed by atoms with Gasteiger partial charge in [0.1, 0.15) is 5.78 Å². The number of hydrogen-bond donors (Lipinski definition) is 2. The van der Waals surface area contributed by atoms with Gasteiger partial charge in [0.15, 0.2) is 0 Å². The van der Waals surface area contributed by atoms with Gasteiger partial charge in [-0.05, 0) is 75.2 Å². The number of halogens is 2. The Hall–Kier alpha value is -3.03. The lowest BCUT2D eigenvalue weighted by Crippen LogP contribution is -2.21. The molecule has 0 saturated carbocycles. The van der Waals surface area contributed by atoms with Gasteiger partial charge in [-0.25, -0.2) is 0 Å². The van der Waals surface area contributed by atoms with Crippen molar-refractivity contribution in [2.45, 2.75) is 66.5 Å². The third-order valence-electron chi connectivity index (χ3n) is 7.27. The van der Waals surface area contributed by atoms with Crippen molar-refractivity contribution in [1.29, 1.82) is 0 Å². The average Bonchev–Trinajstić information content (AvgIpc) is 2.90. The first-order valence-electron chi connectivity index (χ1n) is 13.5. The second-order valence-electron chi connectivity index (χ2n) is 10.4. The van der Waals surface area contributed by atoms with Gasteiger partial charge >= 0.3 is 0 Å². The van der Waals surface area contributed by atoms with E-state index >= 15 is 0 Å². The summed E-state index contributed by atoms with van der Waals surface area (Å²) < 4.78 is 2.10. The highest BCUT2D eigenvalue weighted by atomic mass is 79.9. The van der Waals surface area contributed by atoms with E-state index in [-0.39, 0.29) is 17.6 Å². The van der Waals surface area contributed by atoms with Crippen molar-refractivity contribution >= 4 is 49.0 Å². The maximum absolute atomic E-state index is 14.1. The molecule has 4 aromatic rings. The highest BCUT2D eigenvalue weighted by Crippen LogP contribution is 2.36. The molecular weight excluding hydrogens is 628 g/mol. The number of nitrogens with zero attached hydrogens (tertiary/aromatic N) is 2. The number of hydrogen-bond acceptors (Lipinski definition) is 5. The molecule has 2 atom stereocenters. The van der Waals surface area contributed by atoms with Crippen LogP contribution in [0.5, 0.6) is 0 Å². The highest BCUT2D eigenvalue weighted by molar-refractivity contribution is 9.10. The van der Waals surface area contributed by atoms with E-state index in [0.717, 1.165) is 65.3 Å². The highest BCUT2D eigenvalue weighted by Gasteiger charge is 2.29. The molecule has 0 fully saturated rings. The number of Topliss-reactive ketones (excluding diaryl/α,β-unsaturated/α-hetero) is 1. The number of nitrogens with one attached hydrogen (secondary N) is 2. The van der Waals surface area contributed by atoms with Crippen LogP contribution in [0.4, 0.5) is 11.4 Å². The Morgan fingerprint density at radius 3 is 1.38 bits per heavy atom. The first-order valence-corrected chi connectivity index (χ1v) is 15.1. The fraction of sp³-hybridized carbons (Fsp3) is 0.303. The van der Waals surface area contributed by atoms with E-state index in [1.54, 1.807) is 0 Å². The van der Waals surface area contributed by atoms with Crippen LogP contribution in [0.3, 0.4) is 0 Å². The topological polar surface area (TPSA) is 66.9 Å². The molecule has 2 aromatic heterocycles. The van der Waals surface area contributed by atoms with Crippen molar-refractivity contribution in [3.05, 3.63) is 115 Å². The predicted molar refractivity (Wildman–Crippen MR) is 172 cm³/mol. The summed E-state index contributed by atoms with van der Waals surface area (Å²) in [6, 6.07) is 20.6. The Morgan fingerprint density at radius 1 is 0.675 bits per heavy atom. The number of aromatic nitrogens is 2. The summed E-state index contributed by atoms with van der Waals surface area (Å²) in [5, 5.41) is 7.16. The molecule has 0 saturated heterocycles. The summed E-state index contributed by atoms with van der Waals surface area (Å²) in [6.45, 7) is 13.3. The van der Waals surface area contributed by atoms with Crippen LogP contribution in [-0.4, -0.2) is 15.8 Å². The number of carbonyl (C=O) groups excluding carboxylic acids is 1. The van der Waals surface area contributed by atoms with Crippen LogP contribution in [0.15, 0.2) is 69.6 Å². The van der Waals surface area contributed by atoms with Gasteiger partial charge in [-0.15, -0.1) is 0 Å². The molecule has 2 heterocycles. The first-order chi connectivity index (χ1) is 19.0. The average molecular weight is 664 g/mol. The van der Waals surface area contributed by atoms with E-state index in [4.69, 9.17) is 9.97 Å². The minimum Gasteiger partial charge on any atom is -0.381 e. The summed E-state index contributed by atoms with van der Waals surface area (Å²) in [6.07, 6.45) is 0. The number of carbonyl (C=O) groups is 1. The molecule has 5 nitrogen and oxygen atoms in total. The fourth-order valence-electron chi connectivity index (χ4n) is 5.32. The van der Waals surface area contributed by atoms with E-state index in [0.29, 0.717) is 13.1 Å². The van der Waals surface area contributed by atoms with Gasteiger partial charge in [0.2, 0.25) is 0 Å². The Kier molecular flexibility index (Phi) is 9.80. The summed E-state index contributed by atoms with van der Waals surface area (Å²) in [7, 11) is 0. The molecule has 2 aromatic carbocycles. The molecule has 0 amide bonds. The zero-order valence-electron chi connectivity index (χ0n) is 23.9. The number of pyridine rings is 2. The van der Waals surface area contributed by atoms with Gasteiger partial charge in [-0.1, -0.05) is 70.0 Å². The molecule has 4 rings (SSSR count). The van der Waals surface area contributed by atoms with E-state index in [1.165, 1.54) is 0 Å². The summed E-state index contributed by atoms with van der Waals surface area (Å²) in [5.74, 6) is -0.563. The van der Waals surface area contributed by atoms with Crippen molar-refractivity contribution < 1.29 is 4.79 Å². The zero-order chi connectivity index (χ0) is 29.0. The molecule has 2 unspecified atom stereocenters. The van der Waals surface area contributed by atoms with Gasteiger partial charge in [0, 0.05) is 79.1 Å². The molecule has 7 heteroatoms. The number of aryl methyl sites for hydroxylation is 4. The maximum Gasteiger partial charge on any atom is 0.147 e. The fourth-order valence-corrected chi connectivity index (χ4v) is 5.85. The van der Waals surface area contributed by atoms with Crippen LogP contribution in [-0.2, 0) is 17.9 Å². The number of benzene rings is 2. The summed E-state index contributed by atoms with van der Waals surface area (Å²) in [4.78, 5) is 23.6. The largest absolute Gasteiger partial charge is 0.381 e. The monoisotopic (exact) mass is 662 g/mol. The van der Waals surface area contributed by atoms with Crippen molar-refractivity contribution in [2.75, 3.05) is 10.6 Å². The first kappa shape index (κ1) is 29.9. The third kappa shape index (κ3) is 7.18. The van der Waals surface area contributed by atoms with E-state index in [2.05, 4.69) is 66.8 Å². The standard InChI is InChI=1S/C33H36Br2N4O/c1-19-15-29(36-17-25-7-11-27(34)12-8-25)31(23(5)38-19)21(3)33(40)22(4)32-24(6)39-20(2)16-30(32)37-18-26-9-13-28(35)14-10-26/h7-16,21-22H,17-18H2,1-6H3,(H,36,38)(H,37,39). The third-order valence-corrected chi connectivity index (χ3v) is 8.32. The minimum absolute atomic E-state index is 0.140. The van der Waals surface area contributed by atoms with Gasteiger partial charge in [0.05, 0.1) is 0 Å². The quantitative estimate of drug-likeness (QED) is 0.177. The van der Waals surface area contributed by atoms with Crippen LogP contribution in [0, 0.1) is 27.7 Å². The molecule has 208 valence electrons. The molecule has 2 N–H and O–H groups in total. The molecule has 0 spiro atoms. The number of anilines is 2. The number of rotatable bonds is 10. The summed E-state index contributed by atoms with van der Waals surface area (Å²) in [5.41, 5.74) is 9.71. The van der Waals surface area contributed by atoms with Crippen LogP contribution in [0.2, 0.25) is 0 Å². The lowest BCUT2D eigenvalue weighted by atomic mass is 9.83. The molecule has 0 aliphatic rings. The van der Waals surface area contributed by atoms with Gasteiger partial charge in [0.25, 0.3) is 0 Å². The van der Waals surface area contributed by atoms with Crippen LogP contribution >= 0.6 is 31.9 Å². The van der Waals surface area contributed by atoms with Gasteiger partial charge in [-0.2, -0.15) is 0 Å². The predicted octanol–water partition coefficient (Wildman–Crippen LogP) is 8.94. The molecule has 0 bridgehead atoms. The minimum atomic E-state index is -0.351. The van der Waals surface area contributed by atoms with E-state index in [1.807, 2.05) is 77.9 Å². The van der Waals surface area contributed by atoms with E-state index in [9.17, 15) is 4.79 Å². The summed E-state index contributed by atoms with van der Waals surface area (Å²) >= 11 is 7.00. The zero-order valence-corrected chi connectivity index (χ0v) is 27.1.